The number of amidine groups is 1. The Kier molecular flexibility index (Phi) is 9.21. The molecule has 1 aliphatic heterocycles. The lowest BCUT2D eigenvalue weighted by Crippen LogP contribution is -2.34. The van der Waals surface area contributed by atoms with Gasteiger partial charge in [-0.2, -0.15) is 13.5 Å². The van der Waals surface area contributed by atoms with E-state index in [0.29, 0.717) is 30.9 Å². The number of hydrogen-bond donors (Lipinski definition) is 3. The summed E-state index contributed by atoms with van der Waals surface area (Å²) >= 11 is 1.31. The van der Waals surface area contributed by atoms with Crippen LogP contribution in [0.4, 0.5) is 11.4 Å². The molecule has 4 rings (SSSR count). The maximum Gasteiger partial charge on any atom is 0.286 e. The molecule has 0 aliphatic carbocycles. The monoisotopic (exact) mass is 622 g/mol. The first-order valence-corrected chi connectivity index (χ1v) is 17.2. The predicted octanol–water partition coefficient (Wildman–Crippen LogP) is 3.37. The average Bonchev–Trinajstić information content (AvgIpc) is 3.43. The molecule has 15 heteroatoms. The molecule has 0 bridgehead atoms. The van der Waals surface area contributed by atoms with Crippen molar-refractivity contribution in [2.75, 3.05) is 35.4 Å². The van der Waals surface area contributed by atoms with Gasteiger partial charge >= 0.3 is 0 Å². The van der Waals surface area contributed by atoms with E-state index in [0.717, 1.165) is 0 Å². The molecule has 12 nitrogen and oxygen atoms in total. The molecule has 0 saturated heterocycles. The highest BCUT2D eigenvalue weighted by Gasteiger charge is 2.31. The van der Waals surface area contributed by atoms with Crippen molar-refractivity contribution in [3.63, 3.8) is 0 Å². The van der Waals surface area contributed by atoms with Crippen LogP contribution in [-0.2, 0) is 26.6 Å². The second-order valence-corrected chi connectivity index (χ2v) is 14.3. The van der Waals surface area contributed by atoms with Crippen molar-refractivity contribution >= 4 is 48.6 Å². The van der Waals surface area contributed by atoms with E-state index in [1.807, 2.05) is 32.6 Å². The van der Waals surface area contributed by atoms with Crippen LogP contribution in [0.15, 0.2) is 49.8 Å². The highest BCUT2D eigenvalue weighted by atomic mass is 32.2. The summed E-state index contributed by atoms with van der Waals surface area (Å²) in [6.07, 6.45) is 0.635. The molecule has 0 amide bonds. The highest BCUT2D eigenvalue weighted by molar-refractivity contribution is 7.92. The van der Waals surface area contributed by atoms with Crippen molar-refractivity contribution < 1.29 is 21.9 Å². The van der Waals surface area contributed by atoms with Crippen LogP contribution in [0.2, 0.25) is 0 Å². The number of benzene rings is 1. The van der Waals surface area contributed by atoms with E-state index >= 15 is 0 Å². The van der Waals surface area contributed by atoms with Gasteiger partial charge in [-0.3, -0.25) is 9.52 Å². The number of nitrogens with zero attached hydrogens (tertiary/aromatic N) is 4. The summed E-state index contributed by atoms with van der Waals surface area (Å²) in [5.41, 5.74) is -0.716. The number of thiophene rings is 1. The zero-order valence-electron chi connectivity index (χ0n) is 23.3. The van der Waals surface area contributed by atoms with Gasteiger partial charge in [0, 0.05) is 18.8 Å². The van der Waals surface area contributed by atoms with E-state index in [-0.39, 0.29) is 51.6 Å². The molecule has 222 valence electrons. The van der Waals surface area contributed by atoms with Crippen LogP contribution < -0.4 is 15.6 Å². The number of fused-ring (bicyclic) bond motifs is 1. The van der Waals surface area contributed by atoms with Gasteiger partial charge in [-0.1, -0.05) is 33.8 Å². The maximum absolute atomic E-state index is 13.5. The molecule has 1 aliphatic rings. The minimum atomic E-state index is -4.38. The van der Waals surface area contributed by atoms with Gasteiger partial charge in [0.2, 0.25) is 10.0 Å². The van der Waals surface area contributed by atoms with Crippen LogP contribution in [0, 0.1) is 5.92 Å². The third-order valence-corrected chi connectivity index (χ3v) is 10.1. The second kappa shape index (κ2) is 12.3. The Balaban J connectivity index is 1.71. The van der Waals surface area contributed by atoms with Gasteiger partial charge in [-0.05, 0) is 55.1 Å². The van der Waals surface area contributed by atoms with Gasteiger partial charge in [0.05, 0.1) is 16.3 Å². The van der Waals surface area contributed by atoms with Crippen molar-refractivity contribution in [3.8, 4) is 16.3 Å². The lowest BCUT2D eigenvalue weighted by atomic mass is 10.1. The summed E-state index contributed by atoms with van der Waals surface area (Å²) in [6, 6.07) is 7.50. The average molecular weight is 623 g/mol. The van der Waals surface area contributed by atoms with Crippen molar-refractivity contribution in [1.29, 1.82) is 0 Å². The van der Waals surface area contributed by atoms with Crippen LogP contribution in [-0.4, -0.2) is 67.8 Å². The third-order valence-electron chi connectivity index (χ3n) is 6.61. The summed E-state index contributed by atoms with van der Waals surface area (Å²) in [6.45, 7) is 9.89. The number of hydrogen-bond acceptors (Lipinski definition) is 10. The van der Waals surface area contributed by atoms with Crippen LogP contribution in [0.1, 0.15) is 39.7 Å². The Morgan fingerprint density at radius 1 is 1.20 bits per heavy atom. The Labute approximate surface area is 243 Å². The van der Waals surface area contributed by atoms with Crippen LogP contribution in [0.5, 0.6) is 5.75 Å². The maximum atomic E-state index is 13.5. The lowest BCUT2D eigenvalue weighted by Gasteiger charge is -2.21. The van der Waals surface area contributed by atoms with Crippen molar-refractivity contribution in [3.05, 3.63) is 51.6 Å². The van der Waals surface area contributed by atoms with Crippen molar-refractivity contribution in [1.82, 2.24) is 14.7 Å². The summed E-state index contributed by atoms with van der Waals surface area (Å²) in [5, 5.41) is 20.2. The van der Waals surface area contributed by atoms with E-state index < -0.39 is 31.4 Å². The number of aryl methyl sites for hydroxylation is 1. The first-order chi connectivity index (χ1) is 19.3. The van der Waals surface area contributed by atoms with Gasteiger partial charge in [0.25, 0.3) is 15.6 Å². The third kappa shape index (κ3) is 6.97. The van der Waals surface area contributed by atoms with Crippen molar-refractivity contribution in [2.24, 2.45) is 10.3 Å². The largest absolute Gasteiger partial charge is 0.505 e. The molecule has 0 radical (unpaired) electrons. The highest BCUT2D eigenvalue weighted by Crippen LogP contribution is 2.35. The zero-order chi connectivity index (χ0) is 29.9. The Morgan fingerprint density at radius 2 is 1.93 bits per heavy atom. The minimum absolute atomic E-state index is 0.0649. The summed E-state index contributed by atoms with van der Waals surface area (Å²) in [7, 11) is -8.13. The number of aromatic hydroxyl groups is 1. The van der Waals surface area contributed by atoms with Crippen LogP contribution in [0.25, 0.3) is 10.6 Å². The number of anilines is 2. The predicted molar refractivity (Wildman–Crippen MR) is 162 cm³/mol. The summed E-state index contributed by atoms with van der Waals surface area (Å²) in [4.78, 5) is 15.8. The number of aromatic nitrogens is 2. The molecule has 2 aromatic heterocycles. The topological polar surface area (TPSA) is 163 Å². The first-order valence-electron chi connectivity index (χ1n) is 13.2. The molecular formula is C26H34N6O6S3. The molecule has 0 fully saturated rings. The molecule has 0 spiro atoms. The standard InChI is InChI=1S/C26H34N6O6S3/c1-5-31(6-2)13-15-40(35,36)29-18-9-10-19-21(16-18)41(37,38)30-25(27-19)22-24(33)23(20-8-7-14-39-20)28-32(26(22)34)12-11-17(3)4/h7-10,14,16-17,29,33H,5-6,11-13,15H2,1-4H3,(H,27,30). The summed E-state index contributed by atoms with van der Waals surface area (Å²) in [5.74, 6) is -0.713. The number of rotatable bonds is 12. The van der Waals surface area contributed by atoms with Gasteiger partial charge in [0.15, 0.2) is 11.6 Å². The zero-order valence-corrected chi connectivity index (χ0v) is 25.7. The summed E-state index contributed by atoms with van der Waals surface area (Å²) < 4.78 is 59.3. The quantitative estimate of drug-likeness (QED) is 0.275. The molecule has 3 heterocycles. The van der Waals surface area contributed by atoms with E-state index in [9.17, 15) is 26.7 Å². The lowest BCUT2D eigenvalue weighted by molar-refractivity contribution is 0.322. The number of sulfonamides is 2. The fourth-order valence-corrected chi connectivity index (χ4v) is 7.18. The molecule has 0 unspecified atom stereocenters. The van der Waals surface area contributed by atoms with E-state index in [2.05, 4.69) is 19.5 Å². The van der Waals surface area contributed by atoms with Crippen LogP contribution >= 0.6 is 11.3 Å². The molecule has 1 aromatic carbocycles. The second-order valence-electron chi connectivity index (χ2n) is 9.96. The van der Waals surface area contributed by atoms with Gasteiger partial charge < -0.3 is 15.3 Å². The van der Waals surface area contributed by atoms with Crippen molar-refractivity contribution in [2.45, 2.75) is 45.6 Å². The molecule has 0 atom stereocenters. The first kappa shape index (κ1) is 30.7. The smallest absolute Gasteiger partial charge is 0.286 e. The molecule has 3 N–H and O–H groups in total. The molecule has 0 saturated carbocycles. The molecular weight excluding hydrogens is 589 g/mol. The Morgan fingerprint density at radius 3 is 2.56 bits per heavy atom. The number of nitrogens with one attached hydrogen (secondary N) is 2. The van der Waals surface area contributed by atoms with E-state index in [4.69, 9.17) is 0 Å². The normalized spacial score (nSPS) is 14.5. The molecule has 3 aromatic rings. The fraction of sp³-hybridized carbons (Fsp3) is 0.423. The van der Waals surface area contributed by atoms with Gasteiger partial charge in [-0.25, -0.2) is 13.1 Å². The van der Waals surface area contributed by atoms with Gasteiger partial charge in [0.1, 0.15) is 16.2 Å². The fourth-order valence-electron chi connectivity index (χ4n) is 4.24. The van der Waals surface area contributed by atoms with Crippen LogP contribution in [0.3, 0.4) is 0 Å². The SMILES string of the molecule is CCN(CC)CCS(=O)(=O)Nc1ccc2c(c1)S(=O)(=O)N=C(c1c(O)c(-c3cccs3)nn(CCC(C)C)c1=O)N2. The Hall–Kier alpha value is -3.27. The Bertz CT molecular complexity index is 1710. The van der Waals surface area contributed by atoms with Gasteiger partial charge in [-0.15, -0.1) is 15.7 Å². The van der Waals surface area contributed by atoms with E-state index in [1.54, 1.807) is 17.5 Å². The molecule has 41 heavy (non-hydrogen) atoms. The van der Waals surface area contributed by atoms with E-state index in [1.165, 1.54) is 34.2 Å². The minimum Gasteiger partial charge on any atom is -0.505 e.